The van der Waals surface area contributed by atoms with Gasteiger partial charge in [0, 0.05) is 12.1 Å². The Morgan fingerprint density at radius 1 is 1.29 bits per heavy atom. The predicted octanol–water partition coefficient (Wildman–Crippen LogP) is 1.21. The van der Waals surface area contributed by atoms with Crippen molar-refractivity contribution >= 4 is 21.2 Å². The van der Waals surface area contributed by atoms with Gasteiger partial charge < -0.3 is 14.8 Å². The molecule has 1 saturated heterocycles. The number of nitro benzene ring substituents is 1. The molecule has 0 bridgehead atoms. The molecule has 21 heavy (non-hydrogen) atoms. The molecule has 1 unspecified atom stereocenters. The average molecular weight is 316 g/mol. The van der Waals surface area contributed by atoms with Crippen molar-refractivity contribution in [2.75, 3.05) is 31.0 Å². The van der Waals surface area contributed by atoms with E-state index in [1.54, 1.807) is 0 Å². The lowest BCUT2D eigenvalue weighted by Gasteiger charge is -2.15. The normalized spacial score (nSPS) is 20.0. The molecule has 0 amide bonds. The van der Waals surface area contributed by atoms with Crippen LogP contribution in [0, 0.1) is 10.1 Å². The maximum Gasteiger partial charge on any atom is 0.296 e. The Morgan fingerprint density at radius 3 is 2.38 bits per heavy atom. The van der Waals surface area contributed by atoms with Crippen LogP contribution in [0.2, 0.25) is 0 Å². The Hall–Kier alpha value is -2.03. The quantitative estimate of drug-likeness (QED) is 0.642. The van der Waals surface area contributed by atoms with Crippen LogP contribution in [0.1, 0.15) is 6.42 Å². The van der Waals surface area contributed by atoms with E-state index in [2.05, 4.69) is 5.32 Å². The molecule has 1 aromatic rings. The van der Waals surface area contributed by atoms with Crippen LogP contribution in [0.25, 0.3) is 0 Å². The maximum absolute atomic E-state index is 11.5. The topological polar surface area (TPSA) is 108 Å². The van der Waals surface area contributed by atoms with Crippen LogP contribution in [0.15, 0.2) is 12.1 Å². The van der Waals surface area contributed by atoms with Crippen LogP contribution in [-0.2, 0) is 9.84 Å². The summed E-state index contributed by atoms with van der Waals surface area (Å²) in [6.07, 6.45) is 0.424. The Labute approximate surface area is 122 Å². The van der Waals surface area contributed by atoms with Gasteiger partial charge in [0.05, 0.1) is 36.7 Å². The Morgan fingerprint density at radius 2 is 1.90 bits per heavy atom. The van der Waals surface area contributed by atoms with Gasteiger partial charge in [0.2, 0.25) is 0 Å². The zero-order valence-electron chi connectivity index (χ0n) is 11.7. The number of methoxy groups -OCH3 is 2. The molecule has 0 saturated carbocycles. The first-order valence-electron chi connectivity index (χ1n) is 6.23. The highest BCUT2D eigenvalue weighted by Gasteiger charge is 2.30. The first kappa shape index (κ1) is 15.4. The number of nitrogens with zero attached hydrogens (tertiary/aromatic N) is 1. The van der Waals surface area contributed by atoms with Gasteiger partial charge >= 0.3 is 0 Å². The van der Waals surface area contributed by atoms with Crippen LogP contribution in [-0.4, -0.2) is 45.1 Å². The van der Waals surface area contributed by atoms with Gasteiger partial charge in [0.15, 0.2) is 21.3 Å². The van der Waals surface area contributed by atoms with Gasteiger partial charge in [-0.15, -0.1) is 0 Å². The predicted molar refractivity (Wildman–Crippen MR) is 76.9 cm³/mol. The smallest absolute Gasteiger partial charge is 0.296 e. The number of hydrogen-bond acceptors (Lipinski definition) is 7. The first-order valence-corrected chi connectivity index (χ1v) is 8.06. The highest BCUT2D eigenvalue weighted by atomic mass is 32.2. The number of benzene rings is 1. The Kier molecular flexibility index (Phi) is 4.21. The van der Waals surface area contributed by atoms with Crippen molar-refractivity contribution in [1.29, 1.82) is 0 Å². The van der Waals surface area contributed by atoms with Gasteiger partial charge in [-0.2, -0.15) is 0 Å². The van der Waals surface area contributed by atoms with Crippen molar-refractivity contribution < 1.29 is 22.8 Å². The van der Waals surface area contributed by atoms with E-state index in [4.69, 9.17) is 9.47 Å². The van der Waals surface area contributed by atoms with E-state index in [9.17, 15) is 18.5 Å². The van der Waals surface area contributed by atoms with E-state index in [0.29, 0.717) is 12.2 Å². The molecule has 1 heterocycles. The summed E-state index contributed by atoms with van der Waals surface area (Å²) in [4.78, 5) is 10.6. The number of anilines is 1. The highest BCUT2D eigenvalue weighted by Crippen LogP contribution is 2.38. The highest BCUT2D eigenvalue weighted by molar-refractivity contribution is 7.91. The molecule has 0 aromatic heterocycles. The molecule has 2 rings (SSSR count). The monoisotopic (exact) mass is 316 g/mol. The second-order valence-electron chi connectivity index (χ2n) is 4.73. The lowest BCUT2D eigenvalue weighted by molar-refractivity contribution is -0.384. The maximum atomic E-state index is 11.5. The van der Waals surface area contributed by atoms with E-state index < -0.39 is 14.8 Å². The second-order valence-corrected chi connectivity index (χ2v) is 6.95. The molecule has 1 aliphatic rings. The summed E-state index contributed by atoms with van der Waals surface area (Å²) in [5.41, 5.74) is 0.0386. The molecule has 116 valence electrons. The molecule has 0 spiro atoms. The molecule has 1 aliphatic heterocycles. The molecule has 0 aliphatic carbocycles. The molecular formula is C12H16N2O6S. The van der Waals surface area contributed by atoms with Crippen LogP contribution < -0.4 is 14.8 Å². The minimum atomic E-state index is -3.07. The number of hydrogen-bond donors (Lipinski definition) is 1. The Bertz CT molecular complexity index is 658. The zero-order valence-corrected chi connectivity index (χ0v) is 12.5. The summed E-state index contributed by atoms with van der Waals surface area (Å²) in [5, 5.41) is 14.1. The van der Waals surface area contributed by atoms with E-state index in [1.165, 1.54) is 26.4 Å². The molecular weight excluding hydrogens is 300 g/mol. The fourth-order valence-electron chi connectivity index (χ4n) is 2.26. The van der Waals surface area contributed by atoms with Gasteiger partial charge in [-0.3, -0.25) is 10.1 Å². The SMILES string of the molecule is COc1cc(NC2CCS(=O)(=O)C2)c([N+](=O)[O-])cc1OC. The van der Waals surface area contributed by atoms with E-state index in [-0.39, 0.29) is 34.7 Å². The second kappa shape index (κ2) is 5.76. The van der Waals surface area contributed by atoms with Gasteiger partial charge in [-0.25, -0.2) is 8.42 Å². The van der Waals surface area contributed by atoms with Crippen LogP contribution >= 0.6 is 0 Å². The average Bonchev–Trinajstić information content (AvgIpc) is 2.77. The third-order valence-corrected chi connectivity index (χ3v) is 5.06. The minimum Gasteiger partial charge on any atom is -0.493 e. The fourth-order valence-corrected chi connectivity index (χ4v) is 3.94. The molecule has 1 fully saturated rings. The van der Waals surface area contributed by atoms with E-state index >= 15 is 0 Å². The Balaban J connectivity index is 2.35. The molecule has 1 atom stereocenters. The van der Waals surface area contributed by atoms with Gasteiger partial charge in [-0.05, 0) is 6.42 Å². The van der Waals surface area contributed by atoms with Crippen molar-refractivity contribution in [3.05, 3.63) is 22.2 Å². The zero-order chi connectivity index (χ0) is 15.6. The summed E-state index contributed by atoms with van der Waals surface area (Å²) in [6, 6.07) is 2.36. The number of rotatable bonds is 5. The molecule has 0 radical (unpaired) electrons. The van der Waals surface area contributed by atoms with Crippen LogP contribution in [0.4, 0.5) is 11.4 Å². The molecule has 8 nitrogen and oxygen atoms in total. The lowest BCUT2D eigenvalue weighted by atomic mass is 10.2. The number of sulfone groups is 1. The minimum absolute atomic E-state index is 0.0293. The third kappa shape index (κ3) is 3.35. The van der Waals surface area contributed by atoms with Crippen LogP contribution in [0.3, 0.4) is 0 Å². The van der Waals surface area contributed by atoms with Gasteiger partial charge in [0.1, 0.15) is 5.69 Å². The van der Waals surface area contributed by atoms with Crippen molar-refractivity contribution in [3.63, 3.8) is 0 Å². The van der Waals surface area contributed by atoms with Crippen LogP contribution in [0.5, 0.6) is 11.5 Å². The van der Waals surface area contributed by atoms with Crippen molar-refractivity contribution in [2.24, 2.45) is 0 Å². The number of nitrogens with one attached hydrogen (secondary N) is 1. The molecule has 1 N–H and O–H groups in total. The summed E-state index contributed by atoms with van der Waals surface area (Å²) in [5.74, 6) is 0.643. The third-order valence-electron chi connectivity index (χ3n) is 3.29. The lowest BCUT2D eigenvalue weighted by Crippen LogP contribution is -2.21. The summed E-state index contributed by atoms with van der Waals surface area (Å²) >= 11 is 0. The van der Waals surface area contributed by atoms with Crippen molar-refractivity contribution in [1.82, 2.24) is 0 Å². The number of nitro groups is 1. The van der Waals surface area contributed by atoms with E-state index in [0.717, 1.165) is 0 Å². The summed E-state index contributed by atoms with van der Waals surface area (Å²) in [7, 11) is -0.254. The molecule has 1 aromatic carbocycles. The van der Waals surface area contributed by atoms with Crippen molar-refractivity contribution in [2.45, 2.75) is 12.5 Å². The summed E-state index contributed by atoms with van der Waals surface area (Å²) in [6.45, 7) is 0. The van der Waals surface area contributed by atoms with Gasteiger partial charge in [0.25, 0.3) is 5.69 Å². The van der Waals surface area contributed by atoms with E-state index in [1.807, 2.05) is 0 Å². The fraction of sp³-hybridized carbons (Fsp3) is 0.500. The number of ether oxygens (including phenoxy) is 2. The first-order chi connectivity index (χ1) is 9.86. The molecule has 9 heteroatoms. The standard InChI is InChI=1S/C12H16N2O6S/c1-19-11-5-9(10(14(15)16)6-12(11)20-2)13-8-3-4-21(17,18)7-8/h5-6,8,13H,3-4,7H2,1-2H3. The largest absolute Gasteiger partial charge is 0.493 e. The van der Waals surface area contributed by atoms with Crippen molar-refractivity contribution in [3.8, 4) is 11.5 Å². The van der Waals surface area contributed by atoms with Gasteiger partial charge in [-0.1, -0.05) is 0 Å². The summed E-state index contributed by atoms with van der Waals surface area (Å²) < 4.78 is 33.1.